The lowest BCUT2D eigenvalue weighted by molar-refractivity contribution is 0.0453. The van der Waals surface area contributed by atoms with E-state index in [0.717, 1.165) is 0 Å². The molecule has 1 aliphatic carbocycles. The molecule has 1 aliphatic rings. The van der Waals surface area contributed by atoms with Crippen LogP contribution in [0.2, 0.25) is 0 Å². The standard InChI is InChI=1S/C12H18N2O5S/c1-6-10(12(16)17)14-7(2)11(6)20(18,19)13-5-8-3-9(15)4-8/h8-9,13-15H,3-5H2,1-2H3,(H,16,17). The topological polar surface area (TPSA) is 119 Å². The summed E-state index contributed by atoms with van der Waals surface area (Å²) in [7, 11) is -3.75. The van der Waals surface area contributed by atoms with E-state index in [0.29, 0.717) is 18.5 Å². The fraction of sp³-hybridized carbons (Fsp3) is 0.583. The van der Waals surface area contributed by atoms with Crippen molar-refractivity contribution in [3.05, 3.63) is 17.0 Å². The van der Waals surface area contributed by atoms with Crippen molar-refractivity contribution in [1.29, 1.82) is 0 Å². The Balaban J connectivity index is 2.19. The maximum atomic E-state index is 12.2. The van der Waals surface area contributed by atoms with Gasteiger partial charge in [-0.1, -0.05) is 0 Å². The van der Waals surface area contributed by atoms with Crippen LogP contribution in [0, 0.1) is 19.8 Å². The van der Waals surface area contributed by atoms with Crippen LogP contribution < -0.4 is 4.72 Å². The molecule has 1 aromatic rings. The summed E-state index contributed by atoms with van der Waals surface area (Å²) in [5, 5.41) is 18.2. The highest BCUT2D eigenvalue weighted by Crippen LogP contribution is 2.28. The van der Waals surface area contributed by atoms with Crippen LogP contribution in [0.3, 0.4) is 0 Å². The number of H-pyrrole nitrogens is 1. The van der Waals surface area contributed by atoms with Crippen LogP contribution in [0.5, 0.6) is 0 Å². The molecule has 20 heavy (non-hydrogen) atoms. The van der Waals surface area contributed by atoms with Gasteiger partial charge < -0.3 is 15.2 Å². The molecule has 2 rings (SSSR count). The third kappa shape index (κ3) is 2.72. The molecular weight excluding hydrogens is 284 g/mol. The molecule has 112 valence electrons. The Kier molecular flexibility index (Phi) is 3.90. The second kappa shape index (κ2) is 5.19. The maximum absolute atomic E-state index is 12.2. The largest absolute Gasteiger partial charge is 0.477 e. The van der Waals surface area contributed by atoms with Crippen LogP contribution in [-0.4, -0.2) is 42.2 Å². The van der Waals surface area contributed by atoms with Crippen LogP contribution in [0.1, 0.15) is 34.6 Å². The van der Waals surface area contributed by atoms with E-state index in [-0.39, 0.29) is 34.7 Å². The van der Waals surface area contributed by atoms with Crippen molar-refractivity contribution in [2.24, 2.45) is 5.92 Å². The SMILES string of the molecule is Cc1[nH]c(C(=O)O)c(C)c1S(=O)(=O)NCC1CC(O)C1. The highest BCUT2D eigenvalue weighted by molar-refractivity contribution is 7.89. The lowest BCUT2D eigenvalue weighted by Gasteiger charge is -2.31. The van der Waals surface area contributed by atoms with E-state index in [1.807, 2.05) is 0 Å². The first-order valence-corrected chi connectivity index (χ1v) is 7.81. The number of aliphatic hydroxyl groups is 1. The molecule has 0 saturated heterocycles. The summed E-state index contributed by atoms with van der Waals surface area (Å²) in [6.07, 6.45) is 0.848. The van der Waals surface area contributed by atoms with E-state index in [2.05, 4.69) is 9.71 Å². The zero-order valence-corrected chi connectivity index (χ0v) is 12.1. The summed E-state index contributed by atoms with van der Waals surface area (Å²) in [5.41, 5.74) is 0.402. The second-order valence-corrected chi connectivity index (χ2v) is 6.93. The number of nitrogens with one attached hydrogen (secondary N) is 2. The Morgan fingerprint density at radius 3 is 2.45 bits per heavy atom. The van der Waals surface area contributed by atoms with Crippen molar-refractivity contribution in [3.63, 3.8) is 0 Å². The van der Waals surface area contributed by atoms with Gasteiger partial charge in [0.2, 0.25) is 10.0 Å². The van der Waals surface area contributed by atoms with Gasteiger partial charge in [0, 0.05) is 17.8 Å². The highest BCUT2D eigenvalue weighted by atomic mass is 32.2. The molecule has 0 unspecified atom stereocenters. The fourth-order valence-corrected chi connectivity index (χ4v) is 4.08. The summed E-state index contributed by atoms with van der Waals surface area (Å²) >= 11 is 0. The number of carboxylic acid groups (broad SMARTS) is 1. The Morgan fingerprint density at radius 1 is 1.40 bits per heavy atom. The predicted molar refractivity (Wildman–Crippen MR) is 71.1 cm³/mol. The van der Waals surface area contributed by atoms with E-state index in [4.69, 9.17) is 10.2 Å². The summed E-state index contributed by atoms with van der Waals surface area (Å²) in [4.78, 5) is 13.6. The Morgan fingerprint density at radius 2 is 2.00 bits per heavy atom. The molecule has 0 spiro atoms. The van der Waals surface area contributed by atoms with Gasteiger partial charge in [-0.15, -0.1) is 0 Å². The number of hydrogen-bond donors (Lipinski definition) is 4. The smallest absolute Gasteiger partial charge is 0.352 e. The molecule has 0 aromatic carbocycles. The number of sulfonamides is 1. The summed E-state index contributed by atoms with van der Waals surface area (Å²) < 4.78 is 27.0. The van der Waals surface area contributed by atoms with Gasteiger partial charge in [0.15, 0.2) is 0 Å². The van der Waals surface area contributed by atoms with Gasteiger partial charge in [-0.25, -0.2) is 17.9 Å². The third-order valence-corrected chi connectivity index (χ3v) is 5.32. The van der Waals surface area contributed by atoms with Crippen LogP contribution in [0.15, 0.2) is 4.90 Å². The van der Waals surface area contributed by atoms with Gasteiger partial charge in [0.1, 0.15) is 10.6 Å². The van der Waals surface area contributed by atoms with Crippen LogP contribution >= 0.6 is 0 Å². The third-order valence-electron chi connectivity index (χ3n) is 3.62. The molecule has 1 fully saturated rings. The minimum atomic E-state index is -3.75. The molecule has 1 heterocycles. The zero-order valence-electron chi connectivity index (χ0n) is 11.3. The Hall–Kier alpha value is -1.38. The van der Waals surface area contributed by atoms with Gasteiger partial charge in [-0.2, -0.15) is 0 Å². The van der Waals surface area contributed by atoms with Crippen LogP contribution in [0.25, 0.3) is 0 Å². The number of carboxylic acids is 1. The van der Waals surface area contributed by atoms with Gasteiger partial charge >= 0.3 is 5.97 Å². The molecule has 0 amide bonds. The van der Waals surface area contributed by atoms with Crippen molar-refractivity contribution < 1.29 is 23.4 Å². The van der Waals surface area contributed by atoms with Gasteiger partial charge in [-0.05, 0) is 32.6 Å². The monoisotopic (exact) mass is 302 g/mol. The molecule has 4 N–H and O–H groups in total. The number of aromatic nitrogens is 1. The Labute approximate surface area is 117 Å². The van der Waals surface area contributed by atoms with Gasteiger partial charge in [-0.3, -0.25) is 0 Å². The average Bonchev–Trinajstić information content (AvgIpc) is 2.59. The summed E-state index contributed by atoms with van der Waals surface area (Å²) in [6, 6.07) is 0. The lowest BCUT2D eigenvalue weighted by atomic mass is 9.83. The number of aliphatic hydroxyl groups excluding tert-OH is 1. The highest BCUT2D eigenvalue weighted by Gasteiger charge is 2.30. The molecule has 1 aromatic heterocycles. The maximum Gasteiger partial charge on any atom is 0.352 e. The molecule has 0 bridgehead atoms. The number of rotatable bonds is 5. The normalized spacial score (nSPS) is 22.6. The van der Waals surface area contributed by atoms with E-state index in [1.165, 1.54) is 13.8 Å². The quantitative estimate of drug-likeness (QED) is 0.627. The molecule has 0 aliphatic heterocycles. The average molecular weight is 302 g/mol. The molecular formula is C12H18N2O5S. The van der Waals surface area contributed by atoms with Gasteiger partial charge in [0.05, 0.1) is 6.10 Å². The van der Waals surface area contributed by atoms with Crippen LogP contribution in [-0.2, 0) is 10.0 Å². The van der Waals surface area contributed by atoms with E-state index in [9.17, 15) is 13.2 Å². The van der Waals surface area contributed by atoms with E-state index in [1.54, 1.807) is 0 Å². The Bertz CT molecular complexity index is 629. The molecule has 0 atom stereocenters. The summed E-state index contributed by atoms with van der Waals surface area (Å²) in [5.74, 6) is -1.05. The first kappa shape index (κ1) is 15.0. The second-order valence-electron chi connectivity index (χ2n) is 5.23. The van der Waals surface area contributed by atoms with E-state index < -0.39 is 16.0 Å². The number of carbonyl (C=O) groups is 1. The minimum Gasteiger partial charge on any atom is -0.477 e. The van der Waals surface area contributed by atoms with Crippen molar-refractivity contribution in [2.45, 2.75) is 37.7 Å². The fourth-order valence-electron chi connectivity index (χ4n) is 2.52. The number of aromatic amines is 1. The van der Waals surface area contributed by atoms with Gasteiger partial charge in [0.25, 0.3) is 0 Å². The number of aryl methyl sites for hydroxylation is 1. The molecule has 0 radical (unpaired) electrons. The predicted octanol–water partition coefficient (Wildman–Crippen LogP) is 0.379. The first-order valence-electron chi connectivity index (χ1n) is 6.32. The summed E-state index contributed by atoms with van der Waals surface area (Å²) in [6.45, 7) is 3.25. The lowest BCUT2D eigenvalue weighted by Crippen LogP contribution is -2.38. The van der Waals surface area contributed by atoms with Crippen LogP contribution in [0.4, 0.5) is 0 Å². The van der Waals surface area contributed by atoms with Crippen molar-refractivity contribution in [2.75, 3.05) is 6.54 Å². The molecule has 7 nitrogen and oxygen atoms in total. The van der Waals surface area contributed by atoms with Crippen molar-refractivity contribution >= 4 is 16.0 Å². The molecule has 1 saturated carbocycles. The minimum absolute atomic E-state index is 0.00484. The van der Waals surface area contributed by atoms with E-state index >= 15 is 0 Å². The van der Waals surface area contributed by atoms with Crippen molar-refractivity contribution in [1.82, 2.24) is 9.71 Å². The number of aromatic carboxylic acids is 1. The first-order chi connectivity index (χ1) is 9.22. The zero-order chi connectivity index (χ0) is 15.1. The van der Waals surface area contributed by atoms with Crippen molar-refractivity contribution in [3.8, 4) is 0 Å². The number of hydrogen-bond acceptors (Lipinski definition) is 4. The molecule has 8 heteroatoms.